The van der Waals surface area contributed by atoms with Crippen molar-refractivity contribution in [2.75, 3.05) is 0 Å². The third kappa shape index (κ3) is 8.69. The van der Waals surface area contributed by atoms with E-state index in [1.165, 1.54) is 153 Å². The van der Waals surface area contributed by atoms with Gasteiger partial charge in [-0.05, 0) is 224 Å². The highest BCUT2D eigenvalue weighted by atomic mass is 14.4. The van der Waals surface area contributed by atoms with Gasteiger partial charge in [-0.15, -0.1) is 0 Å². The van der Waals surface area contributed by atoms with E-state index in [9.17, 15) is 0 Å². The molecule has 400 valence electrons. The Kier molecular flexibility index (Phi) is 12.5. The molecule has 0 aromatic heterocycles. The first-order valence-electron chi connectivity index (χ1n) is 29.0. The third-order valence-corrected chi connectivity index (χ3v) is 17.5. The Hall–Kier alpha value is -5.20. The lowest BCUT2D eigenvalue weighted by Gasteiger charge is -2.33. The van der Waals surface area contributed by atoms with Crippen molar-refractivity contribution in [3.63, 3.8) is 0 Å². The molecule has 0 unspecified atom stereocenters. The van der Waals surface area contributed by atoms with Crippen molar-refractivity contribution in [2.45, 2.75) is 237 Å². The predicted molar refractivity (Wildman–Crippen MR) is 344 cm³/mol. The summed E-state index contributed by atoms with van der Waals surface area (Å²) in [6.45, 7) is 66.2. The van der Waals surface area contributed by atoms with E-state index in [1.807, 2.05) is 0 Å². The molecule has 10 rings (SSSR count). The van der Waals surface area contributed by atoms with Gasteiger partial charge in [-0.2, -0.15) is 0 Å². The Morgan fingerprint density at radius 2 is 0.342 bits per heavy atom. The predicted octanol–water partition coefficient (Wildman–Crippen LogP) is 23.1. The van der Waals surface area contributed by atoms with Gasteiger partial charge >= 0.3 is 0 Å². The van der Waals surface area contributed by atoms with Crippen LogP contribution in [0.25, 0.3) is 86.2 Å². The number of benzene rings is 10. The van der Waals surface area contributed by atoms with Crippen LogP contribution in [0.3, 0.4) is 0 Å². The Labute approximate surface area is 460 Å². The Balaban J connectivity index is 0.000000186. The van der Waals surface area contributed by atoms with Crippen molar-refractivity contribution in [3.05, 3.63) is 140 Å². The number of fused-ring (bicyclic) bond motifs is 4. The van der Waals surface area contributed by atoms with E-state index >= 15 is 0 Å². The summed E-state index contributed by atoms with van der Waals surface area (Å²) in [7, 11) is 0. The van der Waals surface area contributed by atoms with Gasteiger partial charge in [-0.25, -0.2) is 0 Å². The van der Waals surface area contributed by atoms with E-state index < -0.39 is 0 Å². The van der Waals surface area contributed by atoms with E-state index in [4.69, 9.17) is 0 Å². The average molecular weight is 1010 g/mol. The Morgan fingerprint density at radius 1 is 0.171 bits per heavy atom. The fourth-order valence-corrected chi connectivity index (χ4v) is 13.9. The molecule has 0 heteroatoms. The van der Waals surface area contributed by atoms with Crippen molar-refractivity contribution in [3.8, 4) is 0 Å². The summed E-state index contributed by atoms with van der Waals surface area (Å²) in [4.78, 5) is 0. The molecule has 0 aliphatic rings. The van der Waals surface area contributed by atoms with Gasteiger partial charge in [0.25, 0.3) is 0 Å². The van der Waals surface area contributed by atoms with Crippen LogP contribution in [0, 0.1) is 27.7 Å². The first-order chi connectivity index (χ1) is 34.5. The Morgan fingerprint density at radius 3 is 0.553 bits per heavy atom. The number of hydrogen-bond donors (Lipinski definition) is 0. The summed E-state index contributed by atoms with van der Waals surface area (Å²) in [5, 5.41) is 23.2. The topological polar surface area (TPSA) is 0 Å². The van der Waals surface area contributed by atoms with Gasteiger partial charge in [-0.3, -0.25) is 0 Å². The van der Waals surface area contributed by atoms with Crippen LogP contribution in [0.5, 0.6) is 0 Å². The van der Waals surface area contributed by atoms with Gasteiger partial charge in [0.1, 0.15) is 0 Å². The maximum absolute atomic E-state index is 2.51. The molecule has 0 heterocycles. The maximum Gasteiger partial charge on any atom is -0.00151 e. The summed E-state index contributed by atoms with van der Waals surface area (Å²) < 4.78 is 0. The SMILES string of the molecule is Cc1cc(C(C)(C)C)c2c(C(C)(C)C)cc(C)c3c4ccc(C(C)(C)C)c5c(C(C)(C)C)ccc(c1c23)c54.Cc1cc(C(C)(C)C)c2c(C(C)(C)C)ccc3c4c(C)cc(C(C)(C)C)c5c(C(C)(C)C)ccc(c1c23)c54. The van der Waals surface area contributed by atoms with E-state index in [2.05, 4.69) is 267 Å². The lowest BCUT2D eigenvalue weighted by atomic mass is 9.71. The second kappa shape index (κ2) is 17.1. The highest BCUT2D eigenvalue weighted by Crippen LogP contribution is 2.54. The third-order valence-electron chi connectivity index (χ3n) is 17.5. The molecular weight excluding hydrogens is 913 g/mol. The van der Waals surface area contributed by atoms with Crippen LogP contribution in [0.1, 0.15) is 233 Å². The molecule has 0 fully saturated rings. The van der Waals surface area contributed by atoms with E-state index in [1.54, 1.807) is 0 Å². The van der Waals surface area contributed by atoms with Crippen LogP contribution in [-0.4, -0.2) is 0 Å². The second-order valence-corrected chi connectivity index (χ2v) is 32.1. The van der Waals surface area contributed by atoms with Gasteiger partial charge in [0.15, 0.2) is 0 Å². The minimum atomic E-state index is 0.0532. The maximum atomic E-state index is 2.51. The minimum absolute atomic E-state index is 0.0532. The molecule has 10 aromatic carbocycles. The van der Waals surface area contributed by atoms with Gasteiger partial charge in [0.2, 0.25) is 0 Å². The Bertz CT molecular complexity index is 3730. The number of aryl methyl sites for hydroxylation is 4. The molecule has 0 saturated heterocycles. The molecule has 0 radical (unpaired) electrons. The highest BCUT2D eigenvalue weighted by molar-refractivity contribution is 6.37. The first kappa shape index (κ1) is 55.6. The van der Waals surface area contributed by atoms with E-state index in [-0.39, 0.29) is 43.3 Å². The molecule has 0 amide bonds. The standard InChI is InChI=1S/2C38H48/c1-21-19-27(37(9,10)11)33-25(35(3,4)5)18-16-24-30-22(2)20-28(38(12,13)14)34-26(36(6,7)8)17-15-23(32(30)34)29(21)31(24)33;1-21-19-27(37(9,10)11)33-28(38(12,13)14)20-22(2)30-24-16-18-26(36(6,7)8)32-25(35(3,4)5)17-15-23(31(24)32)29(21)34(30)33/h2*15-20H,1-14H3. The average Bonchev–Trinajstić information content (AvgIpc) is 3.24. The van der Waals surface area contributed by atoms with Crippen molar-refractivity contribution < 1.29 is 0 Å². The molecule has 0 N–H and O–H groups in total. The van der Waals surface area contributed by atoms with Crippen LogP contribution in [0.4, 0.5) is 0 Å². The van der Waals surface area contributed by atoms with Crippen LogP contribution in [0.2, 0.25) is 0 Å². The van der Waals surface area contributed by atoms with E-state index in [0.29, 0.717) is 0 Å². The molecule has 76 heavy (non-hydrogen) atoms. The van der Waals surface area contributed by atoms with Gasteiger partial charge in [-0.1, -0.05) is 239 Å². The number of hydrogen-bond acceptors (Lipinski definition) is 0. The molecule has 0 aliphatic carbocycles. The van der Waals surface area contributed by atoms with Crippen LogP contribution in [0.15, 0.2) is 72.8 Å². The largest absolute Gasteiger partial charge is 0.0572 e. The van der Waals surface area contributed by atoms with Crippen molar-refractivity contribution >= 4 is 86.2 Å². The summed E-state index contributed by atoms with van der Waals surface area (Å²) in [6, 6.07) is 29.6. The minimum Gasteiger partial charge on any atom is -0.0572 e. The fourth-order valence-electron chi connectivity index (χ4n) is 13.9. The number of rotatable bonds is 0. The zero-order valence-corrected chi connectivity index (χ0v) is 52.9. The normalized spacial score (nSPS) is 14.1. The van der Waals surface area contributed by atoms with Crippen molar-refractivity contribution in [2.24, 2.45) is 0 Å². The van der Waals surface area contributed by atoms with Crippen LogP contribution >= 0.6 is 0 Å². The van der Waals surface area contributed by atoms with Crippen LogP contribution < -0.4 is 0 Å². The first-order valence-corrected chi connectivity index (χ1v) is 29.0. The quantitative estimate of drug-likeness (QED) is 0.105. The van der Waals surface area contributed by atoms with Gasteiger partial charge in [0.05, 0.1) is 0 Å². The summed E-state index contributed by atoms with van der Waals surface area (Å²) >= 11 is 0. The molecule has 0 nitrogen and oxygen atoms in total. The van der Waals surface area contributed by atoms with Crippen molar-refractivity contribution in [1.82, 2.24) is 0 Å². The fraction of sp³-hybridized carbons (Fsp3) is 0.474. The van der Waals surface area contributed by atoms with E-state index in [0.717, 1.165) is 0 Å². The molecular formula is C76H96. The van der Waals surface area contributed by atoms with Crippen molar-refractivity contribution in [1.29, 1.82) is 0 Å². The lowest BCUT2D eigenvalue weighted by Crippen LogP contribution is -2.19. The van der Waals surface area contributed by atoms with Gasteiger partial charge < -0.3 is 0 Å². The van der Waals surface area contributed by atoms with Gasteiger partial charge in [0, 0.05) is 0 Å². The lowest BCUT2D eigenvalue weighted by molar-refractivity contribution is 0.580. The molecule has 0 spiro atoms. The monoisotopic (exact) mass is 1010 g/mol. The summed E-state index contributed by atoms with van der Waals surface area (Å²) in [6.07, 6.45) is 0. The second-order valence-electron chi connectivity index (χ2n) is 32.1. The zero-order chi connectivity index (χ0) is 56.7. The van der Waals surface area contributed by atoms with Crippen LogP contribution in [-0.2, 0) is 43.3 Å². The zero-order valence-electron chi connectivity index (χ0n) is 52.9. The molecule has 0 bridgehead atoms. The summed E-state index contributed by atoms with van der Waals surface area (Å²) in [5.41, 5.74) is 17.7. The highest BCUT2D eigenvalue weighted by Gasteiger charge is 2.34. The molecule has 10 aromatic rings. The summed E-state index contributed by atoms with van der Waals surface area (Å²) in [5.74, 6) is 0. The molecule has 0 atom stereocenters. The molecule has 0 aliphatic heterocycles. The molecule has 0 saturated carbocycles. The smallest absolute Gasteiger partial charge is 0.00151 e.